The van der Waals surface area contributed by atoms with Gasteiger partial charge in [-0.25, -0.2) is 4.79 Å². The van der Waals surface area contributed by atoms with Gasteiger partial charge in [-0.05, 0) is 43.5 Å². The number of ether oxygens (including phenoxy) is 1. The van der Waals surface area contributed by atoms with Gasteiger partial charge in [0.2, 0.25) is 11.7 Å². The fourth-order valence-corrected chi connectivity index (χ4v) is 3.38. The number of benzene rings is 2. The fourth-order valence-electron chi connectivity index (χ4n) is 3.38. The summed E-state index contributed by atoms with van der Waals surface area (Å²) in [5.41, 5.74) is 1.60. The van der Waals surface area contributed by atoms with Crippen molar-refractivity contribution in [2.45, 2.75) is 25.3 Å². The van der Waals surface area contributed by atoms with Crippen molar-refractivity contribution >= 4 is 11.7 Å². The van der Waals surface area contributed by atoms with E-state index < -0.39 is 0 Å². The zero-order valence-corrected chi connectivity index (χ0v) is 15.7. The van der Waals surface area contributed by atoms with Crippen LogP contribution in [0.5, 0.6) is 5.75 Å². The lowest BCUT2D eigenvalue weighted by Crippen LogP contribution is -2.41. The van der Waals surface area contributed by atoms with E-state index in [9.17, 15) is 4.79 Å². The minimum absolute atomic E-state index is 0.172. The van der Waals surface area contributed by atoms with Crippen molar-refractivity contribution in [3.63, 3.8) is 0 Å². The van der Waals surface area contributed by atoms with E-state index in [4.69, 9.17) is 9.26 Å². The summed E-state index contributed by atoms with van der Waals surface area (Å²) in [6, 6.07) is 16.5. The second kappa shape index (κ2) is 8.12. The number of hydrogen-bond acceptors (Lipinski definition) is 5. The normalized spacial score (nSPS) is 16.6. The van der Waals surface area contributed by atoms with Gasteiger partial charge in [-0.2, -0.15) is 4.98 Å². The number of nitrogens with one attached hydrogen (secondary N) is 1. The maximum absolute atomic E-state index is 12.9. The Morgan fingerprint density at radius 3 is 2.68 bits per heavy atom. The molecule has 0 bridgehead atoms. The topological polar surface area (TPSA) is 80.5 Å². The number of likely N-dealkylation sites (tertiary alicyclic amines) is 1. The molecule has 4 rings (SSSR count). The predicted octanol–water partition coefficient (Wildman–Crippen LogP) is 4.50. The van der Waals surface area contributed by atoms with Crippen molar-refractivity contribution in [3.8, 4) is 17.1 Å². The number of rotatable bonds is 4. The second-order valence-corrected chi connectivity index (χ2v) is 6.69. The van der Waals surface area contributed by atoms with Gasteiger partial charge in [-0.1, -0.05) is 35.5 Å². The highest BCUT2D eigenvalue weighted by Crippen LogP contribution is 2.31. The number of carbonyl (C=O) groups excluding carboxylic acids is 1. The zero-order chi connectivity index (χ0) is 19.3. The number of amides is 2. The molecule has 0 saturated carbocycles. The Morgan fingerprint density at radius 1 is 1.14 bits per heavy atom. The first kappa shape index (κ1) is 18.0. The van der Waals surface area contributed by atoms with E-state index in [0.717, 1.165) is 30.6 Å². The molecule has 1 atom stereocenters. The third-order valence-electron chi connectivity index (χ3n) is 4.86. The van der Waals surface area contributed by atoms with Gasteiger partial charge in [-0.15, -0.1) is 0 Å². The number of aromatic nitrogens is 2. The molecule has 144 valence electrons. The van der Waals surface area contributed by atoms with Crippen molar-refractivity contribution in [2.75, 3.05) is 19.0 Å². The van der Waals surface area contributed by atoms with E-state index in [0.29, 0.717) is 23.9 Å². The van der Waals surface area contributed by atoms with Crippen LogP contribution in [0.4, 0.5) is 10.5 Å². The van der Waals surface area contributed by atoms with Gasteiger partial charge in [-0.3, -0.25) is 0 Å². The van der Waals surface area contributed by atoms with E-state index in [1.807, 2.05) is 54.6 Å². The third-order valence-corrected chi connectivity index (χ3v) is 4.86. The monoisotopic (exact) mass is 378 g/mol. The maximum atomic E-state index is 12.9. The lowest BCUT2D eigenvalue weighted by molar-refractivity contribution is 0.142. The molecule has 7 nitrogen and oxygen atoms in total. The minimum Gasteiger partial charge on any atom is -0.497 e. The molecule has 1 fully saturated rings. The molecule has 2 aromatic carbocycles. The molecule has 0 aliphatic carbocycles. The average Bonchev–Trinajstić information content (AvgIpc) is 3.25. The Kier molecular flexibility index (Phi) is 5.23. The summed E-state index contributed by atoms with van der Waals surface area (Å²) in [7, 11) is 1.61. The van der Waals surface area contributed by atoms with Crippen LogP contribution in [-0.4, -0.2) is 34.7 Å². The molecule has 1 aliphatic heterocycles. The Hall–Kier alpha value is -3.35. The molecule has 3 aromatic rings. The van der Waals surface area contributed by atoms with E-state index in [-0.39, 0.29) is 12.1 Å². The van der Waals surface area contributed by atoms with Crippen LogP contribution < -0.4 is 10.1 Å². The van der Waals surface area contributed by atoms with Crippen LogP contribution >= 0.6 is 0 Å². The molecule has 0 spiro atoms. The molecule has 1 aliphatic rings. The van der Waals surface area contributed by atoms with Crippen molar-refractivity contribution in [1.29, 1.82) is 0 Å². The number of hydrogen-bond donors (Lipinski definition) is 1. The van der Waals surface area contributed by atoms with Crippen molar-refractivity contribution in [3.05, 3.63) is 60.5 Å². The lowest BCUT2D eigenvalue weighted by atomic mass is 10.0. The first-order chi connectivity index (χ1) is 13.7. The highest BCUT2D eigenvalue weighted by atomic mass is 16.5. The quantitative estimate of drug-likeness (QED) is 0.723. The molecular weight excluding hydrogens is 356 g/mol. The van der Waals surface area contributed by atoms with Gasteiger partial charge in [0, 0.05) is 17.8 Å². The number of piperidine rings is 1. The van der Waals surface area contributed by atoms with Crippen molar-refractivity contribution in [1.82, 2.24) is 15.0 Å². The average molecular weight is 378 g/mol. The van der Waals surface area contributed by atoms with Crippen molar-refractivity contribution in [2.24, 2.45) is 0 Å². The van der Waals surface area contributed by atoms with Crippen LogP contribution in [0.1, 0.15) is 31.2 Å². The largest absolute Gasteiger partial charge is 0.497 e. The Labute approximate surface area is 163 Å². The summed E-state index contributed by atoms with van der Waals surface area (Å²) in [6.45, 7) is 0.649. The minimum atomic E-state index is -0.225. The van der Waals surface area contributed by atoms with Crippen LogP contribution in [0.2, 0.25) is 0 Å². The Morgan fingerprint density at radius 2 is 1.93 bits per heavy atom. The molecule has 2 heterocycles. The maximum Gasteiger partial charge on any atom is 0.322 e. The van der Waals surface area contributed by atoms with Gasteiger partial charge in [0.25, 0.3) is 0 Å². The van der Waals surface area contributed by atoms with Crippen LogP contribution in [0.3, 0.4) is 0 Å². The van der Waals surface area contributed by atoms with E-state index in [1.54, 1.807) is 12.0 Å². The van der Waals surface area contributed by atoms with E-state index in [2.05, 4.69) is 15.5 Å². The smallest absolute Gasteiger partial charge is 0.322 e. The summed E-state index contributed by atoms with van der Waals surface area (Å²) < 4.78 is 10.7. The summed E-state index contributed by atoms with van der Waals surface area (Å²) in [5, 5.41) is 7.04. The van der Waals surface area contributed by atoms with Crippen LogP contribution in [0, 0.1) is 0 Å². The molecule has 2 amide bonds. The summed E-state index contributed by atoms with van der Waals surface area (Å²) in [5.74, 6) is 1.76. The number of methoxy groups -OCH3 is 1. The van der Waals surface area contributed by atoms with Gasteiger partial charge in [0.1, 0.15) is 11.8 Å². The number of carbonyl (C=O) groups is 1. The molecule has 1 saturated heterocycles. The van der Waals surface area contributed by atoms with Gasteiger partial charge in [0.05, 0.1) is 7.11 Å². The zero-order valence-electron chi connectivity index (χ0n) is 15.7. The number of urea groups is 1. The highest BCUT2D eigenvalue weighted by molar-refractivity contribution is 5.89. The number of nitrogens with zero attached hydrogens (tertiary/aromatic N) is 3. The van der Waals surface area contributed by atoms with Gasteiger partial charge < -0.3 is 19.5 Å². The standard InChI is InChI=1S/C21H22N4O3/c1-27-17-12-10-16(11-13-17)22-21(26)25-14-6-5-9-18(25)20-23-19(24-28-20)15-7-3-2-4-8-15/h2-4,7-8,10-13,18H,5-6,9,14H2,1H3,(H,22,26)/t18-/m1/s1. The van der Waals surface area contributed by atoms with Gasteiger partial charge >= 0.3 is 6.03 Å². The van der Waals surface area contributed by atoms with E-state index >= 15 is 0 Å². The first-order valence-electron chi connectivity index (χ1n) is 9.35. The summed E-state index contributed by atoms with van der Waals surface area (Å²) in [4.78, 5) is 19.2. The second-order valence-electron chi connectivity index (χ2n) is 6.69. The fraction of sp³-hybridized carbons (Fsp3) is 0.286. The van der Waals surface area contributed by atoms with Gasteiger partial charge in [0.15, 0.2) is 0 Å². The van der Waals surface area contributed by atoms with Crippen LogP contribution in [0.15, 0.2) is 59.1 Å². The van der Waals surface area contributed by atoms with Crippen LogP contribution in [0.25, 0.3) is 11.4 Å². The lowest BCUT2D eigenvalue weighted by Gasteiger charge is -2.33. The molecule has 28 heavy (non-hydrogen) atoms. The van der Waals surface area contributed by atoms with Crippen LogP contribution in [-0.2, 0) is 0 Å². The summed E-state index contributed by atoms with van der Waals surface area (Å²) >= 11 is 0. The molecule has 0 unspecified atom stereocenters. The van der Waals surface area contributed by atoms with Crippen molar-refractivity contribution < 1.29 is 14.1 Å². The molecule has 1 N–H and O–H groups in total. The number of anilines is 1. The Balaban J connectivity index is 1.51. The SMILES string of the molecule is COc1ccc(NC(=O)N2CCCC[C@@H]2c2nc(-c3ccccc3)no2)cc1. The molecule has 7 heteroatoms. The first-order valence-corrected chi connectivity index (χ1v) is 9.35. The Bertz CT molecular complexity index is 924. The summed E-state index contributed by atoms with van der Waals surface area (Å²) in [6.07, 6.45) is 2.76. The van der Waals surface area contributed by atoms with E-state index in [1.165, 1.54) is 0 Å². The molecular formula is C21H22N4O3. The highest BCUT2D eigenvalue weighted by Gasteiger charge is 2.32. The predicted molar refractivity (Wildman–Crippen MR) is 105 cm³/mol. The molecule has 1 aromatic heterocycles. The third kappa shape index (κ3) is 3.83. The molecule has 0 radical (unpaired) electrons.